The monoisotopic (exact) mass is 405 g/mol. The van der Waals surface area contributed by atoms with Crippen LogP contribution < -0.4 is 10.9 Å². The molecule has 2 aromatic heterocycles. The molecular weight excluding hydrogens is 396 g/mol. The Morgan fingerprint density at radius 3 is 2.44 bits per heavy atom. The lowest BCUT2D eigenvalue weighted by Gasteiger charge is -2.09. The number of aryl methyl sites for hydroxylation is 1. The minimum atomic E-state index is -4.62. The van der Waals surface area contributed by atoms with Crippen LogP contribution in [0.15, 0.2) is 24.3 Å². The van der Waals surface area contributed by atoms with Crippen molar-refractivity contribution in [3.63, 3.8) is 0 Å². The van der Waals surface area contributed by atoms with Gasteiger partial charge in [-0.15, -0.1) is 11.3 Å². The van der Waals surface area contributed by atoms with Crippen LogP contribution in [0.25, 0.3) is 10.2 Å². The molecule has 0 fully saturated rings. The van der Waals surface area contributed by atoms with Crippen LogP contribution in [0.1, 0.15) is 20.9 Å². The first-order chi connectivity index (χ1) is 12.6. The van der Waals surface area contributed by atoms with Crippen LogP contribution in [-0.2, 0) is 6.18 Å². The van der Waals surface area contributed by atoms with Gasteiger partial charge in [-0.3, -0.25) is 15.6 Å². The number of aromatic nitrogens is 1. The van der Waals surface area contributed by atoms with Gasteiger partial charge in [0.2, 0.25) is 0 Å². The van der Waals surface area contributed by atoms with Gasteiger partial charge < -0.3 is 0 Å². The molecule has 0 aliphatic carbocycles. The predicted octanol–water partition coefficient (Wildman–Crippen LogP) is 4.80. The molecule has 27 heavy (non-hydrogen) atoms. The van der Waals surface area contributed by atoms with E-state index < -0.39 is 40.9 Å². The van der Waals surface area contributed by atoms with Gasteiger partial charge in [-0.05, 0) is 36.8 Å². The number of carbonyl (C=O) groups is 1. The number of benzene rings is 1. The summed E-state index contributed by atoms with van der Waals surface area (Å²) in [7, 11) is 0. The number of nitrogens with zero attached hydrogens (tertiary/aromatic N) is 1. The number of hydrazine groups is 1. The molecule has 0 saturated carbocycles. The fourth-order valence-corrected chi connectivity index (χ4v) is 3.35. The molecule has 0 spiro atoms. The molecule has 1 aromatic carbocycles. The molecule has 1 amide bonds. The van der Waals surface area contributed by atoms with Crippen LogP contribution in [0.5, 0.6) is 0 Å². The molecule has 0 saturated heterocycles. The molecule has 0 aliphatic heterocycles. The number of rotatable bonds is 3. The van der Waals surface area contributed by atoms with Gasteiger partial charge in [-0.1, -0.05) is 0 Å². The number of carbonyl (C=O) groups excluding carboxylic acids is 1. The van der Waals surface area contributed by atoms with Gasteiger partial charge in [0.05, 0.1) is 10.6 Å². The molecule has 0 unspecified atom stereocenters. The summed E-state index contributed by atoms with van der Waals surface area (Å²) in [5.41, 5.74) is 2.97. The Labute approximate surface area is 151 Å². The molecule has 0 aliphatic rings. The summed E-state index contributed by atoms with van der Waals surface area (Å²) in [5, 5.41) is 0.358. The third-order valence-electron chi connectivity index (χ3n) is 3.65. The van der Waals surface area contributed by atoms with Crippen molar-refractivity contribution < 1.29 is 31.1 Å². The van der Waals surface area contributed by atoms with E-state index in [1.54, 1.807) is 0 Å². The number of halogens is 6. The van der Waals surface area contributed by atoms with Crippen molar-refractivity contribution in [2.24, 2.45) is 0 Å². The van der Waals surface area contributed by atoms with E-state index in [1.165, 1.54) is 13.0 Å². The maximum atomic E-state index is 13.6. The fraction of sp³-hybridized carbons (Fsp3) is 0.125. The molecule has 2 heterocycles. The van der Waals surface area contributed by atoms with Gasteiger partial charge in [0.15, 0.2) is 17.5 Å². The second-order valence-electron chi connectivity index (χ2n) is 5.41. The highest BCUT2D eigenvalue weighted by Crippen LogP contribution is 2.34. The average molecular weight is 405 g/mol. The van der Waals surface area contributed by atoms with E-state index in [4.69, 9.17) is 0 Å². The normalized spacial score (nSPS) is 11.7. The van der Waals surface area contributed by atoms with Crippen LogP contribution >= 0.6 is 11.3 Å². The maximum Gasteiger partial charge on any atom is 0.433 e. The van der Waals surface area contributed by atoms with Crippen molar-refractivity contribution in [3.05, 3.63) is 57.9 Å². The van der Waals surface area contributed by atoms with Gasteiger partial charge >= 0.3 is 6.18 Å². The zero-order valence-electron chi connectivity index (χ0n) is 13.3. The van der Waals surface area contributed by atoms with Crippen LogP contribution in [0.3, 0.4) is 0 Å². The van der Waals surface area contributed by atoms with E-state index in [9.17, 15) is 31.1 Å². The third kappa shape index (κ3) is 3.54. The first-order valence-corrected chi connectivity index (χ1v) is 8.08. The maximum absolute atomic E-state index is 13.6. The lowest BCUT2D eigenvalue weighted by Crippen LogP contribution is -2.29. The number of anilines is 1. The van der Waals surface area contributed by atoms with E-state index in [1.807, 2.05) is 0 Å². The van der Waals surface area contributed by atoms with Crippen molar-refractivity contribution in [1.82, 2.24) is 10.4 Å². The van der Waals surface area contributed by atoms with Gasteiger partial charge in [0.25, 0.3) is 5.91 Å². The molecule has 2 N–H and O–H groups in total. The first kappa shape index (κ1) is 19.0. The second-order valence-corrected chi connectivity index (χ2v) is 6.40. The second kappa shape index (κ2) is 6.72. The summed E-state index contributed by atoms with van der Waals surface area (Å²) in [6.07, 6.45) is -4.62. The summed E-state index contributed by atoms with van der Waals surface area (Å²) < 4.78 is 77.9. The summed E-state index contributed by atoms with van der Waals surface area (Å²) in [5.74, 6) is -5.43. The number of alkyl halides is 3. The van der Waals surface area contributed by atoms with Gasteiger partial charge in [-0.25, -0.2) is 18.2 Å². The van der Waals surface area contributed by atoms with Crippen LogP contribution in [0, 0.1) is 24.4 Å². The topological polar surface area (TPSA) is 54.0 Å². The summed E-state index contributed by atoms with van der Waals surface area (Å²) in [6.45, 7) is 1.51. The Hall–Kier alpha value is -2.82. The van der Waals surface area contributed by atoms with E-state index in [-0.39, 0.29) is 9.71 Å². The van der Waals surface area contributed by atoms with Crippen molar-refractivity contribution in [2.75, 3.05) is 5.43 Å². The zero-order chi connectivity index (χ0) is 19.9. The SMILES string of the molecule is Cc1c(C(=O)NNc2ccc(F)c(F)c2F)sc2nc(C(F)(F)F)ccc12. The highest BCUT2D eigenvalue weighted by Gasteiger charge is 2.33. The van der Waals surface area contributed by atoms with E-state index >= 15 is 0 Å². The Balaban J connectivity index is 1.86. The largest absolute Gasteiger partial charge is 0.433 e. The Morgan fingerprint density at radius 2 is 1.78 bits per heavy atom. The summed E-state index contributed by atoms with van der Waals surface area (Å²) in [4.78, 5) is 15.8. The molecule has 0 radical (unpaired) electrons. The summed E-state index contributed by atoms with van der Waals surface area (Å²) in [6, 6.07) is 3.55. The quantitative estimate of drug-likeness (QED) is 0.374. The van der Waals surface area contributed by atoms with Crippen molar-refractivity contribution >= 4 is 33.1 Å². The van der Waals surface area contributed by atoms with Crippen molar-refractivity contribution in [2.45, 2.75) is 13.1 Å². The third-order valence-corrected chi connectivity index (χ3v) is 4.85. The van der Waals surface area contributed by atoms with Crippen molar-refractivity contribution in [3.8, 4) is 0 Å². The van der Waals surface area contributed by atoms with Gasteiger partial charge in [0.1, 0.15) is 10.5 Å². The molecule has 4 nitrogen and oxygen atoms in total. The smallest absolute Gasteiger partial charge is 0.295 e. The Morgan fingerprint density at radius 1 is 1.07 bits per heavy atom. The number of pyridine rings is 1. The Bertz CT molecular complexity index is 1050. The molecule has 11 heteroatoms. The Kier molecular flexibility index (Phi) is 4.72. The molecule has 0 atom stereocenters. The van der Waals surface area contributed by atoms with E-state index in [0.29, 0.717) is 28.4 Å². The van der Waals surface area contributed by atoms with E-state index in [0.717, 1.165) is 12.1 Å². The summed E-state index contributed by atoms with van der Waals surface area (Å²) >= 11 is 0.716. The number of fused-ring (bicyclic) bond motifs is 1. The van der Waals surface area contributed by atoms with Crippen molar-refractivity contribution in [1.29, 1.82) is 0 Å². The number of amides is 1. The standard InChI is InChI=1S/C16H9F6N3OS/c1-6-7-2-5-10(16(20,21)22)23-15(7)27-13(6)14(26)25-24-9-4-3-8(17)11(18)12(9)19/h2-5,24H,1H3,(H,25,26). The number of nitrogens with one attached hydrogen (secondary N) is 2. The molecule has 142 valence electrons. The van der Waals surface area contributed by atoms with Gasteiger partial charge in [-0.2, -0.15) is 13.2 Å². The van der Waals surface area contributed by atoms with Crippen LogP contribution in [0.4, 0.5) is 32.0 Å². The number of thiophene rings is 1. The molecule has 0 bridgehead atoms. The highest BCUT2D eigenvalue weighted by atomic mass is 32.1. The lowest BCUT2D eigenvalue weighted by atomic mass is 10.2. The minimum Gasteiger partial charge on any atom is -0.295 e. The van der Waals surface area contributed by atoms with Crippen LogP contribution in [-0.4, -0.2) is 10.9 Å². The first-order valence-electron chi connectivity index (χ1n) is 7.26. The van der Waals surface area contributed by atoms with Crippen LogP contribution in [0.2, 0.25) is 0 Å². The zero-order valence-corrected chi connectivity index (χ0v) is 14.2. The predicted molar refractivity (Wildman–Crippen MR) is 86.8 cm³/mol. The molecule has 3 rings (SSSR count). The molecule has 3 aromatic rings. The highest BCUT2D eigenvalue weighted by molar-refractivity contribution is 7.20. The van der Waals surface area contributed by atoms with Gasteiger partial charge in [0, 0.05) is 5.39 Å². The van der Waals surface area contributed by atoms with E-state index in [2.05, 4.69) is 15.8 Å². The number of hydrogen-bond acceptors (Lipinski definition) is 4. The fourth-order valence-electron chi connectivity index (χ4n) is 2.28. The molecular formula is C16H9F6N3OS. The lowest BCUT2D eigenvalue weighted by molar-refractivity contribution is -0.140. The number of hydrogen-bond donors (Lipinski definition) is 2. The minimum absolute atomic E-state index is 0.00600. The average Bonchev–Trinajstić information content (AvgIpc) is 2.94.